The van der Waals surface area contributed by atoms with Gasteiger partial charge in [-0.15, -0.1) is 0 Å². The molecule has 0 unspecified atom stereocenters. The Kier molecular flexibility index (Phi) is 4.73. The van der Waals surface area contributed by atoms with Gasteiger partial charge in [0.2, 0.25) is 0 Å². The van der Waals surface area contributed by atoms with E-state index in [1.54, 1.807) is 11.1 Å². The standard InChI is InChI=1S/C15H32OSi2/c1-15(2)9-13(11-17(3,4)5)14(10-16-15)12-18(6,7)8/h9-12H2,1-8H3. The molecule has 3 heteroatoms. The van der Waals surface area contributed by atoms with Crippen LogP contribution in [0.3, 0.4) is 0 Å². The molecule has 1 aliphatic rings. The number of hydrogen-bond donors (Lipinski definition) is 0. The predicted molar refractivity (Wildman–Crippen MR) is 88.0 cm³/mol. The summed E-state index contributed by atoms with van der Waals surface area (Å²) in [5, 5.41) is 0. The van der Waals surface area contributed by atoms with Gasteiger partial charge in [0.25, 0.3) is 0 Å². The highest BCUT2D eigenvalue weighted by molar-refractivity contribution is 6.77. The molecule has 0 radical (unpaired) electrons. The van der Waals surface area contributed by atoms with E-state index >= 15 is 0 Å². The van der Waals surface area contributed by atoms with Gasteiger partial charge in [-0.2, -0.15) is 0 Å². The zero-order valence-electron chi connectivity index (χ0n) is 13.7. The third-order valence-corrected chi connectivity index (χ3v) is 6.24. The lowest BCUT2D eigenvalue weighted by Gasteiger charge is -2.37. The maximum absolute atomic E-state index is 6.05. The second kappa shape index (κ2) is 5.25. The highest BCUT2D eigenvalue weighted by Crippen LogP contribution is 2.36. The summed E-state index contributed by atoms with van der Waals surface area (Å²) in [6, 6.07) is 2.68. The summed E-state index contributed by atoms with van der Waals surface area (Å²) < 4.78 is 6.05. The lowest BCUT2D eigenvalue weighted by molar-refractivity contribution is -0.0144. The molecule has 0 amide bonds. The Labute approximate surface area is 116 Å². The summed E-state index contributed by atoms with van der Waals surface area (Å²) in [5.41, 5.74) is 3.45. The van der Waals surface area contributed by atoms with Crippen molar-refractivity contribution in [1.82, 2.24) is 0 Å². The topological polar surface area (TPSA) is 9.23 Å². The highest BCUT2D eigenvalue weighted by atomic mass is 28.3. The number of ether oxygens (including phenoxy) is 1. The molecule has 1 heterocycles. The van der Waals surface area contributed by atoms with Gasteiger partial charge < -0.3 is 4.74 Å². The molecule has 0 fully saturated rings. The second-order valence-electron chi connectivity index (χ2n) is 8.91. The number of rotatable bonds is 4. The molecule has 0 aliphatic carbocycles. The summed E-state index contributed by atoms with van der Waals surface area (Å²) in [6.07, 6.45) is 1.15. The van der Waals surface area contributed by atoms with E-state index in [0.717, 1.165) is 13.0 Å². The quantitative estimate of drug-likeness (QED) is 0.512. The molecule has 0 atom stereocenters. The fourth-order valence-electron chi connectivity index (χ4n) is 2.72. The monoisotopic (exact) mass is 284 g/mol. The van der Waals surface area contributed by atoms with E-state index in [0.29, 0.717) is 0 Å². The number of hydrogen-bond acceptors (Lipinski definition) is 1. The van der Waals surface area contributed by atoms with Crippen LogP contribution in [0.5, 0.6) is 0 Å². The average molecular weight is 285 g/mol. The Morgan fingerprint density at radius 2 is 1.33 bits per heavy atom. The SMILES string of the molecule is CC1(C)CC(C[Si](C)(C)C)=C(C[Si](C)(C)C)CO1. The Hall–Kier alpha value is 0.134. The molecule has 106 valence electrons. The van der Waals surface area contributed by atoms with Gasteiger partial charge in [0.15, 0.2) is 0 Å². The van der Waals surface area contributed by atoms with Crippen LogP contribution >= 0.6 is 0 Å². The Balaban J connectivity index is 2.96. The van der Waals surface area contributed by atoms with Crippen LogP contribution in [0.1, 0.15) is 20.3 Å². The van der Waals surface area contributed by atoms with Crippen LogP contribution in [0.2, 0.25) is 51.4 Å². The van der Waals surface area contributed by atoms with Gasteiger partial charge in [-0.1, -0.05) is 44.9 Å². The van der Waals surface area contributed by atoms with E-state index in [-0.39, 0.29) is 5.60 Å². The normalized spacial score (nSPS) is 21.3. The first-order valence-electron chi connectivity index (χ1n) is 7.22. The van der Waals surface area contributed by atoms with Crippen LogP contribution in [-0.4, -0.2) is 28.4 Å². The summed E-state index contributed by atoms with van der Waals surface area (Å²) in [4.78, 5) is 0. The first kappa shape index (κ1) is 16.2. The van der Waals surface area contributed by atoms with E-state index < -0.39 is 16.1 Å². The molecule has 0 aromatic heterocycles. The highest BCUT2D eigenvalue weighted by Gasteiger charge is 2.31. The van der Waals surface area contributed by atoms with E-state index in [1.165, 1.54) is 12.1 Å². The Bertz CT molecular complexity index is 329. The molecule has 0 aromatic rings. The van der Waals surface area contributed by atoms with Gasteiger partial charge in [0.05, 0.1) is 12.2 Å². The van der Waals surface area contributed by atoms with Gasteiger partial charge in [-0.05, 0) is 37.9 Å². The Morgan fingerprint density at radius 1 is 0.889 bits per heavy atom. The van der Waals surface area contributed by atoms with Crippen molar-refractivity contribution in [2.45, 2.75) is 77.2 Å². The van der Waals surface area contributed by atoms with Crippen LogP contribution in [0.15, 0.2) is 11.1 Å². The maximum atomic E-state index is 6.05. The van der Waals surface area contributed by atoms with Crippen LogP contribution in [0, 0.1) is 0 Å². The molecule has 0 saturated heterocycles. The van der Waals surface area contributed by atoms with Gasteiger partial charge in [-0.25, -0.2) is 0 Å². The molecule has 0 N–H and O–H groups in total. The minimum Gasteiger partial charge on any atom is -0.371 e. The van der Waals surface area contributed by atoms with Gasteiger partial charge in [0.1, 0.15) is 0 Å². The van der Waals surface area contributed by atoms with E-state index in [2.05, 4.69) is 53.1 Å². The summed E-state index contributed by atoms with van der Waals surface area (Å²) in [6.45, 7) is 20.2. The maximum Gasteiger partial charge on any atom is 0.0683 e. The smallest absolute Gasteiger partial charge is 0.0683 e. The molecule has 1 rings (SSSR count). The summed E-state index contributed by atoms with van der Waals surface area (Å²) >= 11 is 0. The average Bonchev–Trinajstić information content (AvgIpc) is 2.04. The lowest BCUT2D eigenvalue weighted by atomic mass is 9.93. The van der Waals surface area contributed by atoms with E-state index in [1.807, 2.05) is 0 Å². The van der Waals surface area contributed by atoms with Gasteiger partial charge in [-0.3, -0.25) is 0 Å². The molecular weight excluding hydrogens is 252 g/mol. The minimum absolute atomic E-state index is 0.0535. The Morgan fingerprint density at radius 3 is 1.78 bits per heavy atom. The van der Waals surface area contributed by atoms with Crippen molar-refractivity contribution < 1.29 is 4.74 Å². The first-order valence-corrected chi connectivity index (χ1v) is 14.6. The predicted octanol–water partition coefficient (Wildman–Crippen LogP) is 5.16. The van der Waals surface area contributed by atoms with Crippen LogP contribution < -0.4 is 0 Å². The van der Waals surface area contributed by atoms with Crippen molar-refractivity contribution in [2.24, 2.45) is 0 Å². The van der Waals surface area contributed by atoms with Crippen molar-refractivity contribution >= 4 is 16.1 Å². The second-order valence-corrected chi connectivity index (χ2v) is 19.9. The molecule has 1 nitrogen and oxygen atoms in total. The zero-order chi connectivity index (χ0) is 14.2. The third kappa shape index (κ3) is 5.85. The van der Waals surface area contributed by atoms with Crippen LogP contribution in [0.25, 0.3) is 0 Å². The van der Waals surface area contributed by atoms with Crippen molar-refractivity contribution in [1.29, 1.82) is 0 Å². The zero-order valence-corrected chi connectivity index (χ0v) is 15.7. The summed E-state index contributed by atoms with van der Waals surface area (Å²) in [5.74, 6) is 0. The molecule has 0 aromatic carbocycles. The molecule has 1 aliphatic heterocycles. The van der Waals surface area contributed by atoms with E-state index in [9.17, 15) is 0 Å². The lowest BCUT2D eigenvalue weighted by Crippen LogP contribution is -2.35. The largest absolute Gasteiger partial charge is 0.371 e. The van der Waals surface area contributed by atoms with Crippen molar-refractivity contribution in [3.8, 4) is 0 Å². The molecule has 18 heavy (non-hydrogen) atoms. The first-order chi connectivity index (χ1) is 7.88. The minimum atomic E-state index is -1.03. The van der Waals surface area contributed by atoms with Crippen LogP contribution in [0.4, 0.5) is 0 Å². The van der Waals surface area contributed by atoms with Crippen LogP contribution in [-0.2, 0) is 4.74 Å². The fourth-order valence-corrected chi connectivity index (χ4v) is 6.01. The van der Waals surface area contributed by atoms with Crippen molar-refractivity contribution in [3.63, 3.8) is 0 Å². The third-order valence-electron chi connectivity index (χ3n) is 3.26. The molecular formula is C15H32OSi2. The van der Waals surface area contributed by atoms with Gasteiger partial charge >= 0.3 is 0 Å². The van der Waals surface area contributed by atoms with Crippen molar-refractivity contribution in [2.75, 3.05) is 6.61 Å². The van der Waals surface area contributed by atoms with Crippen molar-refractivity contribution in [3.05, 3.63) is 11.1 Å². The van der Waals surface area contributed by atoms with E-state index in [4.69, 9.17) is 4.74 Å². The molecule has 0 bridgehead atoms. The molecule has 0 saturated carbocycles. The summed E-state index contributed by atoms with van der Waals surface area (Å²) in [7, 11) is -2.05. The fraction of sp³-hybridized carbons (Fsp3) is 0.867. The van der Waals surface area contributed by atoms with Gasteiger partial charge in [0, 0.05) is 16.1 Å². The molecule has 0 spiro atoms.